The number of nitrogens with one attached hydrogen (secondary N) is 1. The van der Waals surface area contributed by atoms with Gasteiger partial charge in [0.05, 0.1) is 0 Å². The van der Waals surface area contributed by atoms with E-state index < -0.39 is 0 Å². The van der Waals surface area contributed by atoms with Crippen LogP contribution in [0.3, 0.4) is 0 Å². The summed E-state index contributed by atoms with van der Waals surface area (Å²) in [6, 6.07) is 9.85. The van der Waals surface area contributed by atoms with Gasteiger partial charge in [0.1, 0.15) is 0 Å². The van der Waals surface area contributed by atoms with Crippen molar-refractivity contribution in [2.45, 2.75) is 45.2 Å². The van der Waals surface area contributed by atoms with Crippen molar-refractivity contribution in [1.82, 2.24) is 5.32 Å². The Balaban J connectivity index is 1.91. The van der Waals surface area contributed by atoms with Gasteiger partial charge in [0, 0.05) is 25.3 Å². The Morgan fingerprint density at radius 2 is 1.94 bits per heavy atom. The van der Waals surface area contributed by atoms with Crippen LogP contribution < -0.4 is 5.32 Å². The second-order valence-corrected chi connectivity index (χ2v) is 5.04. The fourth-order valence-electron chi connectivity index (χ4n) is 2.38. The quantitative estimate of drug-likeness (QED) is 0.865. The molecule has 17 heavy (non-hydrogen) atoms. The molecular weight excluding hydrogens is 210 g/mol. The van der Waals surface area contributed by atoms with Crippen molar-refractivity contribution in [3.63, 3.8) is 0 Å². The number of ether oxygens (including phenoxy) is 1. The van der Waals surface area contributed by atoms with Crippen LogP contribution in [-0.2, 0) is 4.74 Å². The molecule has 2 rings (SSSR count). The minimum Gasteiger partial charge on any atom is -0.381 e. The van der Waals surface area contributed by atoms with E-state index in [-0.39, 0.29) is 0 Å². The van der Waals surface area contributed by atoms with Crippen LogP contribution in [0.1, 0.15) is 43.4 Å². The van der Waals surface area contributed by atoms with E-state index in [1.807, 2.05) is 0 Å². The smallest absolute Gasteiger partial charge is 0.0480 e. The summed E-state index contributed by atoms with van der Waals surface area (Å²) in [4.78, 5) is 0. The second-order valence-electron chi connectivity index (χ2n) is 5.04. The van der Waals surface area contributed by atoms with Gasteiger partial charge in [0.15, 0.2) is 0 Å². The Hall–Kier alpha value is -0.860. The van der Waals surface area contributed by atoms with Crippen molar-refractivity contribution in [2.75, 3.05) is 13.2 Å². The highest BCUT2D eigenvalue weighted by atomic mass is 16.5. The summed E-state index contributed by atoms with van der Waals surface area (Å²) in [5, 5.41) is 3.71. The topological polar surface area (TPSA) is 21.3 Å². The van der Waals surface area contributed by atoms with Crippen LogP contribution in [0.2, 0.25) is 0 Å². The molecule has 1 fully saturated rings. The number of hydrogen-bond acceptors (Lipinski definition) is 2. The summed E-state index contributed by atoms with van der Waals surface area (Å²) in [5.74, 6) is 0. The maximum absolute atomic E-state index is 5.49. The zero-order valence-corrected chi connectivity index (χ0v) is 10.9. The fraction of sp³-hybridized carbons (Fsp3) is 0.600. The molecule has 2 atom stereocenters. The first kappa shape index (κ1) is 12.6. The van der Waals surface area contributed by atoms with E-state index in [9.17, 15) is 0 Å². The largest absolute Gasteiger partial charge is 0.381 e. The predicted molar refractivity (Wildman–Crippen MR) is 71.2 cm³/mol. The third-order valence-electron chi connectivity index (χ3n) is 3.51. The monoisotopic (exact) mass is 233 g/mol. The first-order valence-corrected chi connectivity index (χ1v) is 6.66. The van der Waals surface area contributed by atoms with Crippen LogP contribution >= 0.6 is 0 Å². The molecule has 94 valence electrons. The summed E-state index contributed by atoms with van der Waals surface area (Å²) < 4.78 is 5.49. The Bertz CT molecular complexity index is 325. The van der Waals surface area contributed by atoms with E-state index in [0.717, 1.165) is 19.6 Å². The first-order chi connectivity index (χ1) is 8.25. The second kappa shape index (κ2) is 6.18. The van der Waals surface area contributed by atoms with E-state index >= 15 is 0 Å². The number of rotatable bonds is 3. The van der Waals surface area contributed by atoms with Crippen LogP contribution in [0, 0.1) is 6.92 Å². The minimum atomic E-state index is 0.429. The van der Waals surface area contributed by atoms with Gasteiger partial charge in [-0.25, -0.2) is 0 Å². The van der Waals surface area contributed by atoms with Gasteiger partial charge in [-0.2, -0.15) is 0 Å². The molecule has 2 heteroatoms. The number of benzene rings is 1. The molecule has 0 amide bonds. The van der Waals surface area contributed by atoms with Crippen molar-refractivity contribution < 1.29 is 4.74 Å². The van der Waals surface area contributed by atoms with Gasteiger partial charge >= 0.3 is 0 Å². The van der Waals surface area contributed by atoms with Gasteiger partial charge in [-0.15, -0.1) is 0 Å². The van der Waals surface area contributed by atoms with Gasteiger partial charge in [0.25, 0.3) is 0 Å². The SMILES string of the molecule is Cc1ccc([C@@H](C)NC2CCCOCC2)cc1. The molecule has 0 aromatic heterocycles. The predicted octanol–water partition coefficient (Wildman–Crippen LogP) is 3.21. The molecule has 1 heterocycles. The zero-order chi connectivity index (χ0) is 12.1. The third kappa shape index (κ3) is 3.83. The maximum Gasteiger partial charge on any atom is 0.0480 e. The van der Waals surface area contributed by atoms with Crippen molar-refractivity contribution in [3.8, 4) is 0 Å². The number of hydrogen-bond donors (Lipinski definition) is 1. The molecule has 1 unspecified atom stereocenters. The lowest BCUT2D eigenvalue weighted by Crippen LogP contribution is -2.31. The standard InChI is InChI=1S/C15H23NO/c1-12-5-7-14(8-6-12)13(2)16-15-4-3-10-17-11-9-15/h5-8,13,15-16H,3-4,9-11H2,1-2H3/t13-,15?/m1/s1. The van der Waals surface area contributed by atoms with Crippen molar-refractivity contribution in [2.24, 2.45) is 0 Å². The Kier molecular flexibility index (Phi) is 4.57. The lowest BCUT2D eigenvalue weighted by atomic mass is 10.0. The van der Waals surface area contributed by atoms with E-state index in [2.05, 4.69) is 43.4 Å². The summed E-state index contributed by atoms with van der Waals surface area (Å²) in [6.45, 7) is 6.20. The summed E-state index contributed by atoms with van der Waals surface area (Å²) in [7, 11) is 0. The van der Waals surface area contributed by atoms with E-state index in [0.29, 0.717) is 12.1 Å². The van der Waals surface area contributed by atoms with Crippen molar-refractivity contribution in [3.05, 3.63) is 35.4 Å². The van der Waals surface area contributed by atoms with Crippen LogP contribution in [0.25, 0.3) is 0 Å². The van der Waals surface area contributed by atoms with Gasteiger partial charge in [0.2, 0.25) is 0 Å². The molecule has 1 N–H and O–H groups in total. The van der Waals surface area contributed by atoms with Crippen molar-refractivity contribution >= 4 is 0 Å². The summed E-state index contributed by atoms with van der Waals surface area (Å²) >= 11 is 0. The molecular formula is C15H23NO. The average Bonchev–Trinajstić information content (AvgIpc) is 2.58. The normalized spacial score (nSPS) is 23.1. The van der Waals surface area contributed by atoms with Gasteiger partial charge in [-0.05, 0) is 38.7 Å². The Labute approximate surface area is 104 Å². The van der Waals surface area contributed by atoms with E-state index in [1.165, 1.54) is 24.0 Å². The summed E-state index contributed by atoms with van der Waals surface area (Å²) in [6.07, 6.45) is 3.55. The van der Waals surface area contributed by atoms with Crippen LogP contribution in [0.5, 0.6) is 0 Å². The highest BCUT2D eigenvalue weighted by Crippen LogP contribution is 2.17. The molecule has 0 saturated carbocycles. The van der Waals surface area contributed by atoms with E-state index in [4.69, 9.17) is 4.74 Å². The van der Waals surface area contributed by atoms with Gasteiger partial charge in [-0.1, -0.05) is 29.8 Å². The molecule has 1 aromatic carbocycles. The van der Waals surface area contributed by atoms with Crippen molar-refractivity contribution in [1.29, 1.82) is 0 Å². The Morgan fingerprint density at radius 1 is 1.18 bits per heavy atom. The highest BCUT2D eigenvalue weighted by Gasteiger charge is 2.15. The van der Waals surface area contributed by atoms with Crippen LogP contribution in [0.4, 0.5) is 0 Å². The molecule has 1 aromatic rings. The van der Waals surface area contributed by atoms with Crippen LogP contribution in [0.15, 0.2) is 24.3 Å². The molecule has 0 bridgehead atoms. The molecule has 2 nitrogen and oxygen atoms in total. The van der Waals surface area contributed by atoms with Crippen LogP contribution in [-0.4, -0.2) is 19.3 Å². The third-order valence-corrected chi connectivity index (χ3v) is 3.51. The maximum atomic E-state index is 5.49. The van der Waals surface area contributed by atoms with Gasteiger partial charge in [-0.3, -0.25) is 0 Å². The first-order valence-electron chi connectivity index (χ1n) is 6.66. The molecule has 1 aliphatic rings. The zero-order valence-electron chi connectivity index (χ0n) is 10.9. The minimum absolute atomic E-state index is 0.429. The lowest BCUT2D eigenvalue weighted by molar-refractivity contribution is 0.142. The van der Waals surface area contributed by atoms with Gasteiger partial charge < -0.3 is 10.1 Å². The molecule has 0 radical (unpaired) electrons. The fourth-order valence-corrected chi connectivity index (χ4v) is 2.38. The molecule has 1 aliphatic heterocycles. The van der Waals surface area contributed by atoms with E-state index in [1.54, 1.807) is 0 Å². The molecule has 1 saturated heterocycles. The Morgan fingerprint density at radius 3 is 2.71 bits per heavy atom. The highest BCUT2D eigenvalue weighted by molar-refractivity contribution is 5.23. The number of aryl methyl sites for hydroxylation is 1. The summed E-state index contributed by atoms with van der Waals surface area (Å²) in [5.41, 5.74) is 2.70. The molecule has 0 spiro atoms. The molecule has 0 aliphatic carbocycles. The lowest BCUT2D eigenvalue weighted by Gasteiger charge is -2.22. The average molecular weight is 233 g/mol.